The Morgan fingerprint density at radius 3 is 2.10 bits per heavy atom. The molecule has 260 valence electrons. The van der Waals surface area contributed by atoms with Gasteiger partial charge in [-0.15, -0.1) is 0 Å². The first-order chi connectivity index (χ1) is 22.9. The summed E-state index contributed by atoms with van der Waals surface area (Å²) in [4.78, 5) is 55.9. The number of benzene rings is 2. The number of halogens is 2. The smallest absolute Gasteiger partial charge is 0.407 e. The Morgan fingerprint density at radius 2 is 1.54 bits per heavy atom. The van der Waals surface area contributed by atoms with E-state index >= 15 is 0 Å². The van der Waals surface area contributed by atoms with Gasteiger partial charge in [-0.2, -0.15) is 0 Å². The number of amides is 4. The summed E-state index contributed by atoms with van der Waals surface area (Å²) in [6.07, 6.45) is 3.99. The predicted molar refractivity (Wildman–Crippen MR) is 180 cm³/mol. The van der Waals surface area contributed by atoms with Gasteiger partial charge in [0.1, 0.15) is 17.8 Å². The molecule has 12 heteroatoms. The molecular weight excluding hydrogens is 620 g/mol. The zero-order valence-electron chi connectivity index (χ0n) is 28.1. The van der Waals surface area contributed by atoms with Crippen molar-refractivity contribution >= 4 is 23.8 Å². The van der Waals surface area contributed by atoms with Crippen LogP contribution >= 0.6 is 0 Å². The van der Waals surface area contributed by atoms with Crippen LogP contribution in [0.5, 0.6) is 0 Å². The summed E-state index contributed by atoms with van der Waals surface area (Å²) in [5, 5.41) is 18.9. The maximum atomic E-state index is 14.6. The Hall–Kier alpha value is -4.58. The number of nitrogens with one attached hydrogen (secondary N) is 3. The highest BCUT2D eigenvalue weighted by atomic mass is 19.1. The molecule has 2 aromatic rings. The second-order valence-electron chi connectivity index (χ2n) is 11.9. The van der Waals surface area contributed by atoms with Crippen molar-refractivity contribution in [1.82, 2.24) is 25.8 Å². The number of rotatable bonds is 17. The molecule has 2 aromatic carbocycles. The lowest BCUT2D eigenvalue weighted by atomic mass is 9.72. The summed E-state index contributed by atoms with van der Waals surface area (Å²) in [5.41, 5.74) is -0.542. The predicted octanol–water partition coefficient (Wildman–Crippen LogP) is 4.86. The van der Waals surface area contributed by atoms with Crippen molar-refractivity contribution in [3.8, 4) is 0 Å². The van der Waals surface area contributed by atoms with Crippen LogP contribution in [0, 0.1) is 11.6 Å². The van der Waals surface area contributed by atoms with Crippen LogP contribution in [-0.2, 0) is 26.3 Å². The lowest BCUT2D eigenvalue weighted by Gasteiger charge is -2.38. The summed E-state index contributed by atoms with van der Waals surface area (Å²) < 4.78 is 29.2. The van der Waals surface area contributed by atoms with E-state index in [-0.39, 0.29) is 30.6 Å². The molecule has 4 amide bonds. The Labute approximate surface area is 281 Å². The van der Waals surface area contributed by atoms with Crippen molar-refractivity contribution in [2.45, 2.75) is 77.5 Å². The summed E-state index contributed by atoms with van der Waals surface area (Å²) in [6.45, 7) is 8.37. The number of allylic oxidation sites excluding steroid dienone is 1. The summed E-state index contributed by atoms with van der Waals surface area (Å²) >= 11 is 0. The molecule has 4 N–H and O–H groups in total. The molecule has 0 aliphatic heterocycles. The highest BCUT2D eigenvalue weighted by Crippen LogP contribution is 2.38. The van der Waals surface area contributed by atoms with E-state index in [1.807, 2.05) is 51.1 Å². The first-order valence-corrected chi connectivity index (χ1v) is 16.4. The van der Waals surface area contributed by atoms with Crippen molar-refractivity contribution < 1.29 is 33.1 Å². The first kappa shape index (κ1) is 37.9. The first-order valence-electron chi connectivity index (χ1n) is 16.4. The maximum Gasteiger partial charge on any atom is 0.407 e. The third-order valence-electron chi connectivity index (χ3n) is 8.10. The molecule has 0 spiro atoms. The van der Waals surface area contributed by atoms with E-state index in [4.69, 9.17) is 0 Å². The van der Waals surface area contributed by atoms with E-state index in [0.717, 1.165) is 23.8 Å². The Bertz CT molecular complexity index is 1460. The lowest BCUT2D eigenvalue weighted by Crippen LogP contribution is -2.63. The highest BCUT2D eigenvalue weighted by Gasteiger charge is 2.43. The number of carbonyl (C=O) groups excluding carboxylic acids is 3. The minimum absolute atomic E-state index is 0.0240. The summed E-state index contributed by atoms with van der Waals surface area (Å²) in [5.74, 6) is -3.31. The van der Waals surface area contributed by atoms with Gasteiger partial charge in [0.05, 0.1) is 11.5 Å². The molecule has 0 heterocycles. The molecule has 0 radical (unpaired) electrons. The van der Waals surface area contributed by atoms with Crippen molar-refractivity contribution in [2.75, 3.05) is 26.2 Å². The fourth-order valence-corrected chi connectivity index (χ4v) is 5.99. The van der Waals surface area contributed by atoms with Crippen LogP contribution in [0.2, 0.25) is 0 Å². The van der Waals surface area contributed by atoms with Gasteiger partial charge in [-0.05, 0) is 48.9 Å². The van der Waals surface area contributed by atoms with E-state index in [9.17, 15) is 33.1 Å². The van der Waals surface area contributed by atoms with Crippen LogP contribution in [0.1, 0.15) is 64.5 Å². The zero-order valence-corrected chi connectivity index (χ0v) is 28.1. The minimum Gasteiger partial charge on any atom is -0.465 e. The van der Waals surface area contributed by atoms with Gasteiger partial charge in [0.25, 0.3) is 5.91 Å². The molecule has 0 bridgehead atoms. The Morgan fingerprint density at radius 1 is 0.917 bits per heavy atom. The van der Waals surface area contributed by atoms with Gasteiger partial charge in [0.2, 0.25) is 11.8 Å². The van der Waals surface area contributed by atoms with Gasteiger partial charge in [0.15, 0.2) is 0 Å². The number of carboxylic acid groups (broad SMARTS) is 1. The molecule has 0 fully saturated rings. The van der Waals surface area contributed by atoms with Gasteiger partial charge < -0.3 is 30.9 Å². The molecule has 3 atom stereocenters. The number of hydrogen-bond donors (Lipinski definition) is 4. The van der Waals surface area contributed by atoms with Crippen LogP contribution < -0.4 is 16.0 Å². The van der Waals surface area contributed by atoms with E-state index in [1.54, 1.807) is 11.0 Å². The third-order valence-corrected chi connectivity index (χ3v) is 8.10. The van der Waals surface area contributed by atoms with Gasteiger partial charge in [-0.25, -0.2) is 13.6 Å². The lowest BCUT2D eigenvalue weighted by molar-refractivity contribution is -0.135. The van der Waals surface area contributed by atoms with Gasteiger partial charge >= 0.3 is 6.09 Å². The molecule has 3 rings (SSSR count). The van der Waals surface area contributed by atoms with Crippen LogP contribution in [0.25, 0.3) is 0 Å². The summed E-state index contributed by atoms with van der Waals surface area (Å²) in [6, 6.07) is 11.5. The van der Waals surface area contributed by atoms with Crippen molar-refractivity contribution in [3.05, 3.63) is 95.1 Å². The molecule has 0 saturated heterocycles. The second kappa shape index (κ2) is 18.1. The van der Waals surface area contributed by atoms with Crippen LogP contribution in [0.15, 0.2) is 72.3 Å². The molecular formula is C36H47F2N5O5. The molecule has 10 nitrogen and oxygen atoms in total. The van der Waals surface area contributed by atoms with E-state index in [1.165, 1.54) is 24.0 Å². The quantitative estimate of drug-likeness (QED) is 0.178. The molecule has 0 saturated carbocycles. The minimum atomic E-state index is -1.59. The van der Waals surface area contributed by atoms with Gasteiger partial charge in [0, 0.05) is 51.3 Å². The molecule has 48 heavy (non-hydrogen) atoms. The maximum absolute atomic E-state index is 14.6. The fourth-order valence-electron chi connectivity index (χ4n) is 5.99. The average Bonchev–Trinajstić information content (AvgIpc) is 3.05. The molecule has 1 aliphatic carbocycles. The number of nitrogens with zero attached hydrogens (tertiary/aromatic N) is 2. The molecule has 3 unspecified atom stereocenters. The second-order valence-corrected chi connectivity index (χ2v) is 11.9. The highest BCUT2D eigenvalue weighted by molar-refractivity contribution is 6.00. The molecule has 0 aromatic heterocycles. The van der Waals surface area contributed by atoms with Crippen molar-refractivity contribution in [1.29, 1.82) is 0 Å². The third kappa shape index (κ3) is 9.96. The number of hydrogen-bond acceptors (Lipinski definition) is 5. The Kier molecular flexibility index (Phi) is 14.3. The Balaban J connectivity index is 2.05. The monoisotopic (exact) mass is 667 g/mol. The average molecular weight is 668 g/mol. The van der Waals surface area contributed by atoms with E-state index < -0.39 is 53.1 Å². The summed E-state index contributed by atoms with van der Waals surface area (Å²) in [7, 11) is 0. The topological polar surface area (TPSA) is 131 Å². The van der Waals surface area contributed by atoms with Crippen molar-refractivity contribution in [2.24, 2.45) is 0 Å². The normalized spacial score (nSPS) is 16.8. The van der Waals surface area contributed by atoms with E-state index in [0.29, 0.717) is 38.9 Å². The van der Waals surface area contributed by atoms with Crippen LogP contribution in [-0.4, -0.2) is 77.1 Å². The zero-order chi connectivity index (χ0) is 35.3. The number of carbonyl (C=O) groups is 4. The SMILES string of the molecule is CCCN(CCC)C(=O)C1(c2cc(F)cc(F)c2)C=C(C(=O)NC(NC(C)=O)C(CNCc2ccccc2)N(CCC)C(=O)O)C=CC1. The standard InChI is InChI=1S/C36H47F2N5O5/c1-5-16-42(17-6-2)34(46)36(28-19-29(37)21-30(38)20-28)15-11-14-27(22-36)33(45)41-32(40-25(4)44)31(43(18-7-3)35(47)48)24-39-23-26-12-9-8-10-13-26/h8-14,19-22,31-32,39H,5-7,15-18,23-24H2,1-4H3,(H,40,44)(H,41,45)(H,47,48). The van der Waals surface area contributed by atoms with Crippen LogP contribution in [0.4, 0.5) is 13.6 Å². The van der Waals surface area contributed by atoms with Crippen LogP contribution in [0.3, 0.4) is 0 Å². The largest absolute Gasteiger partial charge is 0.465 e. The van der Waals surface area contributed by atoms with Crippen molar-refractivity contribution in [3.63, 3.8) is 0 Å². The fraction of sp³-hybridized carbons (Fsp3) is 0.444. The van der Waals surface area contributed by atoms with E-state index in [2.05, 4.69) is 16.0 Å². The van der Waals surface area contributed by atoms with Gasteiger partial charge in [-0.1, -0.05) is 69.3 Å². The van der Waals surface area contributed by atoms with Gasteiger partial charge in [-0.3, -0.25) is 14.4 Å². The molecule has 1 aliphatic rings.